The van der Waals surface area contributed by atoms with Crippen LogP contribution < -0.4 is 0 Å². The van der Waals surface area contributed by atoms with Crippen molar-refractivity contribution in [2.75, 3.05) is 0 Å². The molecular formula is C66H38F3N7. The van der Waals surface area contributed by atoms with Crippen LogP contribution in [-0.4, -0.2) is 24.1 Å². The summed E-state index contributed by atoms with van der Waals surface area (Å²) in [7, 11) is 0. The zero-order valence-electron chi connectivity index (χ0n) is 40.2. The maximum Gasteiger partial charge on any atom is 0.417 e. The standard InChI is InChI=1S/C66H38F3N7/c67-66(68,69)54-20-12-24-60(76-56-22-10-8-18-50(56)53-38-48(34-36-58(53)76)44-31-27-42(40-71)28-32-44)62(54)61-51(65-73-63(45-13-3-1-4-14-45)72-64(74-65)46-15-5-2-6-16-46)19-11-23-59(61)75-55-21-9-7-17-49(55)52-37-47(33-35-57(52)75)43-29-25-41(39-70)26-30-43/h1-38H. The highest BCUT2D eigenvalue weighted by Crippen LogP contribution is 2.49. The van der Waals surface area contributed by atoms with Gasteiger partial charge in [0.1, 0.15) is 0 Å². The Kier molecular flexibility index (Phi) is 10.9. The summed E-state index contributed by atoms with van der Waals surface area (Å²) in [6.45, 7) is 0. The molecule has 10 aromatic carbocycles. The van der Waals surface area contributed by atoms with Crippen molar-refractivity contribution in [1.82, 2.24) is 24.1 Å². The Labute approximate surface area is 433 Å². The summed E-state index contributed by atoms with van der Waals surface area (Å²) in [5.74, 6) is 0.904. The predicted molar refractivity (Wildman–Crippen MR) is 296 cm³/mol. The van der Waals surface area contributed by atoms with Gasteiger partial charge in [0.2, 0.25) is 0 Å². The van der Waals surface area contributed by atoms with Crippen LogP contribution in [-0.2, 0) is 6.18 Å². The summed E-state index contributed by atoms with van der Waals surface area (Å²) in [5.41, 5.74) is 9.55. The normalized spacial score (nSPS) is 11.6. The zero-order chi connectivity index (χ0) is 51.5. The molecule has 13 rings (SSSR count). The highest BCUT2D eigenvalue weighted by Gasteiger charge is 2.38. The summed E-state index contributed by atoms with van der Waals surface area (Å²) in [6.07, 6.45) is -4.85. The number of halogens is 3. The van der Waals surface area contributed by atoms with Gasteiger partial charge in [0.05, 0.1) is 62.3 Å². The number of hydrogen-bond donors (Lipinski definition) is 0. The fraction of sp³-hybridized carbons (Fsp3) is 0.0152. The van der Waals surface area contributed by atoms with Crippen molar-refractivity contribution in [1.29, 1.82) is 10.5 Å². The number of hydrogen-bond acceptors (Lipinski definition) is 5. The lowest BCUT2D eigenvalue weighted by atomic mass is 9.90. The average Bonchev–Trinajstić information content (AvgIpc) is 4.09. The Balaban J connectivity index is 1.16. The summed E-state index contributed by atoms with van der Waals surface area (Å²) in [5, 5.41) is 22.6. The fourth-order valence-electron chi connectivity index (χ4n) is 10.6. The maximum absolute atomic E-state index is 16.5. The number of fused-ring (bicyclic) bond motifs is 6. The Morgan fingerprint density at radius 3 is 1.22 bits per heavy atom. The summed E-state index contributed by atoms with van der Waals surface area (Å²) >= 11 is 0. The van der Waals surface area contributed by atoms with E-state index < -0.39 is 11.7 Å². The summed E-state index contributed by atoms with van der Waals surface area (Å²) in [4.78, 5) is 15.3. The first kappa shape index (κ1) is 45.4. The molecule has 0 fully saturated rings. The molecule has 7 nitrogen and oxygen atoms in total. The van der Waals surface area contributed by atoms with Crippen LogP contribution in [0.1, 0.15) is 16.7 Å². The second-order valence-corrected chi connectivity index (χ2v) is 18.5. The number of alkyl halides is 3. The van der Waals surface area contributed by atoms with Gasteiger partial charge in [-0.3, -0.25) is 0 Å². The van der Waals surface area contributed by atoms with Gasteiger partial charge in [0.25, 0.3) is 0 Å². The molecule has 358 valence electrons. The Morgan fingerprint density at radius 2 is 0.750 bits per heavy atom. The molecule has 0 spiro atoms. The number of para-hydroxylation sites is 2. The van der Waals surface area contributed by atoms with E-state index in [-0.39, 0.29) is 17.0 Å². The van der Waals surface area contributed by atoms with Crippen molar-refractivity contribution in [3.8, 4) is 91.1 Å². The largest absolute Gasteiger partial charge is 0.417 e. The minimum absolute atomic E-state index is 0.0671. The molecule has 0 bridgehead atoms. The first-order valence-electron chi connectivity index (χ1n) is 24.5. The molecule has 0 N–H and O–H groups in total. The van der Waals surface area contributed by atoms with Crippen LogP contribution in [0.2, 0.25) is 0 Å². The number of nitriles is 2. The van der Waals surface area contributed by atoms with Crippen molar-refractivity contribution < 1.29 is 13.2 Å². The Morgan fingerprint density at radius 1 is 0.342 bits per heavy atom. The highest BCUT2D eigenvalue weighted by molar-refractivity contribution is 6.13. The van der Waals surface area contributed by atoms with Gasteiger partial charge in [0.15, 0.2) is 17.5 Å². The van der Waals surface area contributed by atoms with Gasteiger partial charge in [0, 0.05) is 49.4 Å². The van der Waals surface area contributed by atoms with E-state index in [1.54, 1.807) is 36.4 Å². The van der Waals surface area contributed by atoms with Crippen LogP contribution in [0.5, 0.6) is 0 Å². The molecular weight excluding hydrogens is 948 g/mol. The van der Waals surface area contributed by atoms with E-state index in [0.717, 1.165) is 60.9 Å². The van der Waals surface area contributed by atoms with E-state index in [0.29, 0.717) is 61.9 Å². The number of aromatic nitrogens is 5. The molecule has 0 aliphatic carbocycles. The number of benzene rings is 10. The van der Waals surface area contributed by atoms with Crippen molar-refractivity contribution in [2.45, 2.75) is 6.18 Å². The molecule has 0 saturated heterocycles. The number of rotatable bonds is 8. The van der Waals surface area contributed by atoms with Gasteiger partial charge >= 0.3 is 6.18 Å². The topological polar surface area (TPSA) is 96.1 Å². The smallest absolute Gasteiger partial charge is 0.309 e. The van der Waals surface area contributed by atoms with E-state index in [1.807, 2.05) is 174 Å². The minimum atomic E-state index is -4.85. The van der Waals surface area contributed by atoms with Crippen LogP contribution in [0, 0.1) is 22.7 Å². The minimum Gasteiger partial charge on any atom is -0.309 e. The van der Waals surface area contributed by atoms with Crippen molar-refractivity contribution >= 4 is 43.6 Å². The third-order valence-electron chi connectivity index (χ3n) is 14.1. The van der Waals surface area contributed by atoms with Gasteiger partial charge in [-0.25, -0.2) is 15.0 Å². The lowest BCUT2D eigenvalue weighted by Crippen LogP contribution is -2.12. The zero-order valence-corrected chi connectivity index (χ0v) is 40.2. The molecule has 0 aliphatic rings. The van der Waals surface area contributed by atoms with E-state index in [9.17, 15) is 10.5 Å². The second kappa shape index (κ2) is 18.3. The Bertz CT molecular complexity index is 4450. The molecule has 0 atom stereocenters. The molecule has 13 aromatic rings. The van der Waals surface area contributed by atoms with E-state index in [1.165, 1.54) is 6.07 Å². The molecule has 3 heterocycles. The molecule has 10 heteroatoms. The van der Waals surface area contributed by atoms with Gasteiger partial charge in [-0.2, -0.15) is 23.7 Å². The van der Waals surface area contributed by atoms with Crippen LogP contribution >= 0.6 is 0 Å². The monoisotopic (exact) mass is 985 g/mol. The van der Waals surface area contributed by atoms with Crippen LogP contribution in [0.4, 0.5) is 13.2 Å². The first-order valence-corrected chi connectivity index (χ1v) is 24.5. The molecule has 3 aromatic heterocycles. The number of nitrogens with zero attached hydrogens (tertiary/aromatic N) is 7. The molecule has 76 heavy (non-hydrogen) atoms. The van der Waals surface area contributed by atoms with Crippen LogP contribution in [0.15, 0.2) is 231 Å². The van der Waals surface area contributed by atoms with Crippen molar-refractivity contribution in [3.63, 3.8) is 0 Å². The second-order valence-electron chi connectivity index (χ2n) is 18.5. The molecule has 0 amide bonds. The molecule has 0 saturated carbocycles. The maximum atomic E-state index is 16.5. The van der Waals surface area contributed by atoms with E-state index in [2.05, 4.69) is 28.8 Å². The first-order chi connectivity index (χ1) is 37.2. The van der Waals surface area contributed by atoms with E-state index >= 15 is 13.2 Å². The summed E-state index contributed by atoms with van der Waals surface area (Å²) in [6, 6.07) is 75.9. The molecule has 0 radical (unpaired) electrons. The predicted octanol–water partition coefficient (Wildman–Crippen LogP) is 16.8. The van der Waals surface area contributed by atoms with Gasteiger partial charge in [-0.1, -0.05) is 152 Å². The van der Waals surface area contributed by atoms with Gasteiger partial charge < -0.3 is 9.13 Å². The highest BCUT2D eigenvalue weighted by atomic mass is 19.4. The lowest BCUT2D eigenvalue weighted by molar-refractivity contribution is -0.137. The van der Waals surface area contributed by atoms with E-state index in [4.69, 9.17) is 15.0 Å². The SMILES string of the molecule is N#Cc1ccc(-c2ccc3c(c2)c2ccccc2n3-c2cccc(-c3nc(-c4ccccc4)nc(-c4ccccc4)n3)c2-c2c(-n3c4ccccc4c4cc(-c5ccc(C#N)cc5)ccc43)cccc2C(F)(F)F)cc1. The summed E-state index contributed by atoms with van der Waals surface area (Å²) < 4.78 is 53.6. The van der Waals surface area contributed by atoms with Crippen molar-refractivity contribution in [2.24, 2.45) is 0 Å². The van der Waals surface area contributed by atoms with Crippen molar-refractivity contribution in [3.05, 3.63) is 247 Å². The van der Waals surface area contributed by atoms with Gasteiger partial charge in [-0.15, -0.1) is 0 Å². The van der Waals surface area contributed by atoms with Crippen LogP contribution in [0.3, 0.4) is 0 Å². The van der Waals surface area contributed by atoms with Gasteiger partial charge in [-0.05, 0) is 101 Å². The lowest BCUT2D eigenvalue weighted by Gasteiger charge is -2.24. The molecule has 0 unspecified atom stereocenters. The molecule has 0 aliphatic heterocycles. The third kappa shape index (κ3) is 7.72. The average molecular weight is 986 g/mol. The quantitative estimate of drug-likeness (QED) is 0.151. The third-order valence-corrected chi connectivity index (χ3v) is 14.1. The fourth-order valence-corrected chi connectivity index (χ4v) is 10.6. The Hall–Kier alpha value is -10.4. The van der Waals surface area contributed by atoms with Crippen LogP contribution in [0.25, 0.3) is 123 Å².